The van der Waals surface area contributed by atoms with E-state index >= 15 is 0 Å². The van der Waals surface area contributed by atoms with Crippen molar-refractivity contribution < 1.29 is 9.16 Å². The molecule has 2 aliphatic heterocycles. The molecule has 2 heterocycles. The largest absolute Gasteiger partial charge is 0.413 e. The van der Waals surface area contributed by atoms with Gasteiger partial charge in [-0.3, -0.25) is 0 Å². The molecule has 2 nitrogen and oxygen atoms in total. The fourth-order valence-electron chi connectivity index (χ4n) is 2.66. The lowest BCUT2D eigenvalue weighted by Gasteiger charge is -2.38. The first-order valence-corrected chi connectivity index (χ1v) is 10.3. The highest BCUT2D eigenvalue weighted by molar-refractivity contribution is 6.74. The van der Waals surface area contributed by atoms with Crippen molar-refractivity contribution >= 4 is 8.32 Å². The van der Waals surface area contributed by atoms with Gasteiger partial charge in [0.05, 0.1) is 6.61 Å². The minimum Gasteiger partial charge on any atom is -0.413 e. The van der Waals surface area contributed by atoms with Crippen LogP contribution in [-0.2, 0) is 14.8 Å². The van der Waals surface area contributed by atoms with E-state index in [1.165, 1.54) is 11.1 Å². The SMILES string of the molecule is CC(C)(C)[Si](C)(C)OC[C@]12C=C[C@H](O1)c1ccccc12. The molecule has 2 aliphatic rings. The second-order valence-corrected chi connectivity index (χ2v) is 12.2. The topological polar surface area (TPSA) is 18.5 Å². The van der Waals surface area contributed by atoms with E-state index in [0.29, 0.717) is 6.61 Å². The van der Waals surface area contributed by atoms with E-state index < -0.39 is 8.32 Å². The van der Waals surface area contributed by atoms with Gasteiger partial charge in [0.15, 0.2) is 8.32 Å². The Balaban J connectivity index is 1.84. The summed E-state index contributed by atoms with van der Waals surface area (Å²) in [6.45, 7) is 12.0. The normalized spacial score (nSPS) is 27.9. The Bertz CT molecular complexity index is 556. The third kappa shape index (κ3) is 2.00. The van der Waals surface area contributed by atoms with Gasteiger partial charge < -0.3 is 9.16 Å². The first-order valence-electron chi connectivity index (χ1n) is 7.36. The molecule has 0 saturated carbocycles. The Morgan fingerprint density at radius 1 is 1.25 bits per heavy atom. The zero-order valence-electron chi connectivity index (χ0n) is 13.1. The molecule has 0 unspecified atom stereocenters. The first-order chi connectivity index (χ1) is 9.25. The van der Waals surface area contributed by atoms with Crippen LogP contribution in [0, 0.1) is 0 Å². The van der Waals surface area contributed by atoms with Gasteiger partial charge in [-0.1, -0.05) is 51.1 Å². The summed E-state index contributed by atoms with van der Waals surface area (Å²) in [5.41, 5.74) is 2.23. The fourth-order valence-corrected chi connectivity index (χ4v) is 3.67. The number of ether oxygens (including phenoxy) is 1. The average Bonchev–Trinajstić information content (AvgIpc) is 2.93. The fraction of sp³-hybridized carbons (Fsp3) is 0.529. The lowest BCUT2D eigenvalue weighted by Crippen LogP contribution is -2.44. The number of benzene rings is 1. The van der Waals surface area contributed by atoms with E-state index in [1.54, 1.807) is 0 Å². The minimum absolute atomic E-state index is 0.120. The molecule has 0 saturated heterocycles. The molecule has 0 aliphatic carbocycles. The Hall–Kier alpha value is -0.903. The number of fused-ring (bicyclic) bond motifs is 5. The van der Waals surface area contributed by atoms with Crippen molar-refractivity contribution in [3.8, 4) is 0 Å². The van der Waals surface area contributed by atoms with E-state index in [-0.39, 0.29) is 16.7 Å². The smallest absolute Gasteiger partial charge is 0.192 e. The number of hydrogen-bond acceptors (Lipinski definition) is 2. The van der Waals surface area contributed by atoms with E-state index in [0.717, 1.165) is 0 Å². The van der Waals surface area contributed by atoms with Crippen molar-refractivity contribution in [2.45, 2.75) is 50.6 Å². The van der Waals surface area contributed by atoms with Gasteiger partial charge in [-0.25, -0.2) is 0 Å². The quantitative estimate of drug-likeness (QED) is 0.600. The van der Waals surface area contributed by atoms with Gasteiger partial charge in [0.25, 0.3) is 0 Å². The number of rotatable bonds is 3. The van der Waals surface area contributed by atoms with Crippen LogP contribution in [0.2, 0.25) is 18.1 Å². The Kier molecular flexibility index (Phi) is 3.02. The lowest BCUT2D eigenvalue weighted by atomic mass is 9.88. The maximum atomic E-state index is 6.42. The highest BCUT2D eigenvalue weighted by atomic mass is 28.4. The molecule has 3 rings (SSSR count). The van der Waals surface area contributed by atoms with Gasteiger partial charge in [0.1, 0.15) is 11.7 Å². The summed E-state index contributed by atoms with van der Waals surface area (Å²) < 4.78 is 12.6. The predicted molar refractivity (Wildman–Crippen MR) is 84.2 cm³/mol. The van der Waals surface area contributed by atoms with Gasteiger partial charge >= 0.3 is 0 Å². The van der Waals surface area contributed by atoms with Crippen molar-refractivity contribution in [3.05, 3.63) is 47.5 Å². The predicted octanol–water partition coefficient (Wildman–Crippen LogP) is 4.54. The molecule has 0 radical (unpaired) electrons. The van der Waals surface area contributed by atoms with E-state index in [4.69, 9.17) is 9.16 Å². The molecule has 0 amide bonds. The monoisotopic (exact) mass is 288 g/mol. The van der Waals surface area contributed by atoms with Gasteiger partial charge in [-0.15, -0.1) is 0 Å². The van der Waals surface area contributed by atoms with Gasteiger partial charge in [0.2, 0.25) is 0 Å². The van der Waals surface area contributed by atoms with Crippen LogP contribution < -0.4 is 0 Å². The molecule has 3 heteroatoms. The summed E-state index contributed by atoms with van der Waals surface area (Å²) in [7, 11) is -1.75. The summed E-state index contributed by atoms with van der Waals surface area (Å²) >= 11 is 0. The van der Waals surface area contributed by atoms with Crippen molar-refractivity contribution in [1.82, 2.24) is 0 Å². The highest BCUT2D eigenvalue weighted by Crippen LogP contribution is 2.51. The third-order valence-electron chi connectivity index (χ3n) is 5.05. The van der Waals surface area contributed by atoms with Crippen LogP contribution in [0.25, 0.3) is 0 Å². The molecule has 0 spiro atoms. The van der Waals surface area contributed by atoms with Crippen molar-refractivity contribution in [2.75, 3.05) is 6.61 Å². The molecule has 108 valence electrons. The summed E-state index contributed by atoms with van der Waals surface area (Å²) in [4.78, 5) is 0. The summed E-state index contributed by atoms with van der Waals surface area (Å²) in [6, 6.07) is 8.51. The molecule has 20 heavy (non-hydrogen) atoms. The van der Waals surface area contributed by atoms with Crippen LogP contribution in [0.4, 0.5) is 0 Å². The summed E-state index contributed by atoms with van der Waals surface area (Å²) in [5, 5.41) is 0.226. The van der Waals surface area contributed by atoms with Crippen molar-refractivity contribution in [2.24, 2.45) is 0 Å². The van der Waals surface area contributed by atoms with Crippen LogP contribution in [0.1, 0.15) is 38.0 Å². The molecule has 2 bridgehead atoms. The van der Waals surface area contributed by atoms with Crippen LogP contribution in [0.5, 0.6) is 0 Å². The lowest BCUT2D eigenvalue weighted by molar-refractivity contribution is -0.0358. The number of hydrogen-bond donors (Lipinski definition) is 0. The van der Waals surface area contributed by atoms with Gasteiger partial charge in [0, 0.05) is 0 Å². The standard InChI is InChI=1S/C17H24O2Si/c1-16(2,3)20(4,5)18-12-17-11-10-15(19-17)13-8-6-7-9-14(13)17/h6-11,15H,12H2,1-5H3/t15-,17-/m0/s1. The van der Waals surface area contributed by atoms with E-state index in [1.807, 2.05) is 0 Å². The summed E-state index contributed by atoms with van der Waals surface area (Å²) in [5.74, 6) is 0. The molecule has 0 N–H and O–H groups in total. The average molecular weight is 288 g/mol. The van der Waals surface area contributed by atoms with Crippen LogP contribution in [-0.4, -0.2) is 14.9 Å². The van der Waals surface area contributed by atoms with Gasteiger partial charge in [-0.2, -0.15) is 0 Å². The molecule has 0 aromatic heterocycles. The highest BCUT2D eigenvalue weighted by Gasteiger charge is 2.48. The Morgan fingerprint density at radius 3 is 2.65 bits per heavy atom. The van der Waals surface area contributed by atoms with Crippen LogP contribution >= 0.6 is 0 Å². The molecule has 2 atom stereocenters. The van der Waals surface area contributed by atoms with E-state index in [2.05, 4.69) is 70.3 Å². The van der Waals surface area contributed by atoms with Crippen molar-refractivity contribution in [3.63, 3.8) is 0 Å². The van der Waals surface area contributed by atoms with Crippen LogP contribution in [0.3, 0.4) is 0 Å². The maximum absolute atomic E-state index is 6.42. The van der Waals surface area contributed by atoms with Crippen molar-refractivity contribution in [1.29, 1.82) is 0 Å². The Labute approximate surface area is 122 Å². The second-order valence-electron chi connectivity index (χ2n) is 7.42. The maximum Gasteiger partial charge on any atom is 0.192 e. The summed E-state index contributed by atoms with van der Waals surface area (Å²) in [6.07, 6.45) is 4.47. The zero-order chi connectivity index (χ0) is 14.6. The molecule has 1 aromatic rings. The van der Waals surface area contributed by atoms with Gasteiger partial charge in [-0.05, 0) is 35.3 Å². The Morgan fingerprint density at radius 2 is 1.95 bits per heavy atom. The van der Waals surface area contributed by atoms with E-state index in [9.17, 15) is 0 Å². The molecule has 0 fully saturated rings. The molecular weight excluding hydrogens is 264 g/mol. The van der Waals surface area contributed by atoms with Crippen LogP contribution in [0.15, 0.2) is 36.4 Å². The minimum atomic E-state index is -1.75. The molecule has 1 aromatic carbocycles. The first kappa shape index (κ1) is 14.1. The second kappa shape index (κ2) is 4.29. The molecular formula is C17H24O2Si. The zero-order valence-corrected chi connectivity index (χ0v) is 14.1. The third-order valence-corrected chi connectivity index (χ3v) is 9.53.